The highest BCUT2D eigenvalue weighted by Gasteiger charge is 2.01. The van der Waals surface area contributed by atoms with Crippen molar-refractivity contribution in [2.24, 2.45) is 11.7 Å². The van der Waals surface area contributed by atoms with Crippen molar-refractivity contribution >= 4 is 0 Å². The quantitative estimate of drug-likeness (QED) is 0.558. The maximum absolute atomic E-state index is 5.55. The molecule has 44 valence electrons. The van der Waals surface area contributed by atoms with Crippen LogP contribution in [0.3, 0.4) is 0 Å². The van der Waals surface area contributed by atoms with Crippen molar-refractivity contribution in [1.29, 1.82) is 0 Å². The molecule has 0 radical (unpaired) electrons. The van der Waals surface area contributed by atoms with Gasteiger partial charge < -0.3 is 5.73 Å². The van der Waals surface area contributed by atoms with Crippen molar-refractivity contribution in [3.63, 3.8) is 0 Å². The smallest absolute Gasteiger partial charge is 0.00360 e. The van der Waals surface area contributed by atoms with Crippen LogP contribution in [0.25, 0.3) is 0 Å². The number of rotatable bonds is 2. The van der Waals surface area contributed by atoms with Crippen molar-refractivity contribution in [1.82, 2.24) is 0 Å². The van der Waals surface area contributed by atoms with Crippen LogP contribution in [-0.2, 0) is 0 Å². The van der Waals surface area contributed by atoms with E-state index in [9.17, 15) is 0 Å². The molecule has 0 aromatic carbocycles. The van der Waals surface area contributed by atoms with E-state index in [1.54, 1.807) is 0 Å². The Balaban J connectivity index is 3.14. The van der Waals surface area contributed by atoms with Gasteiger partial charge in [-0.1, -0.05) is 20.3 Å². The zero-order valence-corrected chi connectivity index (χ0v) is 5.44. The molecule has 0 amide bonds. The SMILES string of the molecule is CC[C@H](C)C(C)N. The topological polar surface area (TPSA) is 26.0 Å². The summed E-state index contributed by atoms with van der Waals surface area (Å²) >= 11 is 0. The molecule has 0 aromatic rings. The van der Waals surface area contributed by atoms with Crippen LogP contribution < -0.4 is 5.73 Å². The molecule has 0 rings (SSSR count). The van der Waals surface area contributed by atoms with Crippen molar-refractivity contribution in [2.75, 3.05) is 0 Å². The summed E-state index contributed by atoms with van der Waals surface area (Å²) in [6.07, 6.45) is 1.19. The van der Waals surface area contributed by atoms with Gasteiger partial charge in [-0.3, -0.25) is 0 Å². The highest BCUT2D eigenvalue weighted by Crippen LogP contribution is 2.02. The van der Waals surface area contributed by atoms with E-state index in [1.165, 1.54) is 6.42 Å². The average Bonchev–Trinajstić information content (AvgIpc) is 1.65. The summed E-state index contributed by atoms with van der Waals surface area (Å²) < 4.78 is 0. The molecule has 1 nitrogen and oxygen atoms in total. The van der Waals surface area contributed by atoms with Crippen molar-refractivity contribution in [2.45, 2.75) is 33.2 Å². The minimum absolute atomic E-state index is 0.366. The first kappa shape index (κ1) is 6.96. The standard InChI is InChI=1S/C6H15N/c1-4-5(2)6(3)7/h5-6H,4,7H2,1-3H3/t5-,6?/m0/s1. The zero-order valence-electron chi connectivity index (χ0n) is 5.44. The van der Waals surface area contributed by atoms with Crippen LogP contribution in [0.4, 0.5) is 0 Å². The van der Waals surface area contributed by atoms with E-state index in [2.05, 4.69) is 13.8 Å². The van der Waals surface area contributed by atoms with Crippen molar-refractivity contribution in [3.8, 4) is 0 Å². The minimum atomic E-state index is 0.366. The summed E-state index contributed by atoms with van der Waals surface area (Å²) in [5.41, 5.74) is 5.55. The van der Waals surface area contributed by atoms with Gasteiger partial charge in [-0.15, -0.1) is 0 Å². The molecule has 0 aromatic heterocycles. The van der Waals surface area contributed by atoms with Crippen LogP contribution in [0.1, 0.15) is 27.2 Å². The van der Waals surface area contributed by atoms with Gasteiger partial charge in [0, 0.05) is 6.04 Å². The van der Waals surface area contributed by atoms with Crippen LogP contribution in [-0.4, -0.2) is 6.04 Å². The normalized spacial score (nSPS) is 18.9. The Hall–Kier alpha value is -0.0400. The molecule has 0 aliphatic heterocycles. The van der Waals surface area contributed by atoms with Gasteiger partial charge in [0.25, 0.3) is 0 Å². The van der Waals surface area contributed by atoms with E-state index in [0.717, 1.165) is 0 Å². The maximum Gasteiger partial charge on any atom is 0.00360 e. The first-order valence-corrected chi connectivity index (χ1v) is 2.94. The first-order valence-electron chi connectivity index (χ1n) is 2.94. The minimum Gasteiger partial charge on any atom is -0.328 e. The molecule has 0 fully saturated rings. The Kier molecular flexibility index (Phi) is 3.01. The van der Waals surface area contributed by atoms with Crippen LogP contribution in [0.2, 0.25) is 0 Å². The Bertz CT molecular complexity index is 41.4. The van der Waals surface area contributed by atoms with Crippen LogP contribution in [0.15, 0.2) is 0 Å². The fraction of sp³-hybridized carbons (Fsp3) is 1.00. The van der Waals surface area contributed by atoms with E-state index >= 15 is 0 Å². The third-order valence-corrected chi connectivity index (χ3v) is 1.54. The molecular formula is C6H15N. The van der Waals surface area contributed by atoms with Crippen LogP contribution in [0, 0.1) is 5.92 Å². The van der Waals surface area contributed by atoms with Crippen LogP contribution in [0.5, 0.6) is 0 Å². The summed E-state index contributed by atoms with van der Waals surface area (Å²) in [5.74, 6) is 0.681. The lowest BCUT2D eigenvalue weighted by atomic mass is 10.0. The Morgan fingerprint density at radius 2 is 1.86 bits per heavy atom. The Labute approximate surface area is 45.9 Å². The van der Waals surface area contributed by atoms with Gasteiger partial charge in [-0.05, 0) is 12.8 Å². The van der Waals surface area contributed by atoms with Crippen LogP contribution >= 0.6 is 0 Å². The third-order valence-electron chi connectivity index (χ3n) is 1.54. The van der Waals surface area contributed by atoms with Crippen molar-refractivity contribution < 1.29 is 0 Å². The predicted molar refractivity (Wildman–Crippen MR) is 33.1 cm³/mol. The van der Waals surface area contributed by atoms with E-state index in [0.29, 0.717) is 12.0 Å². The van der Waals surface area contributed by atoms with E-state index < -0.39 is 0 Å². The van der Waals surface area contributed by atoms with Gasteiger partial charge in [0.1, 0.15) is 0 Å². The molecule has 0 aliphatic rings. The number of hydrogen-bond donors (Lipinski definition) is 1. The molecular weight excluding hydrogens is 86.1 g/mol. The second-order valence-corrected chi connectivity index (χ2v) is 2.24. The fourth-order valence-corrected chi connectivity index (χ4v) is 0.372. The molecule has 7 heavy (non-hydrogen) atoms. The van der Waals surface area contributed by atoms with E-state index in [-0.39, 0.29) is 0 Å². The molecule has 2 N–H and O–H groups in total. The van der Waals surface area contributed by atoms with Gasteiger partial charge in [-0.2, -0.15) is 0 Å². The highest BCUT2D eigenvalue weighted by molar-refractivity contribution is 4.59. The van der Waals surface area contributed by atoms with E-state index in [1.807, 2.05) is 6.92 Å². The first-order chi connectivity index (χ1) is 3.18. The third kappa shape index (κ3) is 2.63. The van der Waals surface area contributed by atoms with Crippen molar-refractivity contribution in [3.05, 3.63) is 0 Å². The summed E-state index contributed by atoms with van der Waals surface area (Å²) in [4.78, 5) is 0. The summed E-state index contributed by atoms with van der Waals surface area (Å²) in [7, 11) is 0. The molecule has 0 spiro atoms. The maximum atomic E-state index is 5.55. The molecule has 2 atom stereocenters. The Morgan fingerprint density at radius 1 is 1.43 bits per heavy atom. The number of hydrogen-bond acceptors (Lipinski definition) is 1. The van der Waals surface area contributed by atoms with Gasteiger partial charge in [-0.25, -0.2) is 0 Å². The summed E-state index contributed by atoms with van der Waals surface area (Å²) in [6.45, 7) is 6.38. The molecule has 1 heteroatoms. The molecule has 0 saturated carbocycles. The van der Waals surface area contributed by atoms with Gasteiger partial charge >= 0.3 is 0 Å². The molecule has 0 heterocycles. The van der Waals surface area contributed by atoms with Gasteiger partial charge in [0.05, 0.1) is 0 Å². The zero-order chi connectivity index (χ0) is 5.86. The summed E-state index contributed by atoms with van der Waals surface area (Å²) in [5, 5.41) is 0. The lowest BCUT2D eigenvalue weighted by Crippen LogP contribution is -2.23. The lowest BCUT2D eigenvalue weighted by molar-refractivity contribution is 0.470. The molecule has 1 unspecified atom stereocenters. The fourth-order valence-electron chi connectivity index (χ4n) is 0.372. The number of nitrogens with two attached hydrogens (primary N) is 1. The molecule has 0 aliphatic carbocycles. The highest BCUT2D eigenvalue weighted by atomic mass is 14.6. The second kappa shape index (κ2) is 3.03. The monoisotopic (exact) mass is 101 g/mol. The van der Waals surface area contributed by atoms with Gasteiger partial charge in [0.15, 0.2) is 0 Å². The lowest BCUT2D eigenvalue weighted by Gasteiger charge is -2.10. The van der Waals surface area contributed by atoms with Gasteiger partial charge in [0.2, 0.25) is 0 Å². The summed E-state index contributed by atoms with van der Waals surface area (Å²) in [6, 6.07) is 0.366. The Morgan fingerprint density at radius 3 is 1.86 bits per heavy atom. The van der Waals surface area contributed by atoms with E-state index in [4.69, 9.17) is 5.73 Å². The molecule has 0 saturated heterocycles. The second-order valence-electron chi connectivity index (χ2n) is 2.24. The largest absolute Gasteiger partial charge is 0.328 e. The molecule has 0 bridgehead atoms. The average molecular weight is 101 g/mol. The predicted octanol–water partition coefficient (Wildman–Crippen LogP) is 1.38.